The molecule has 0 atom stereocenters. The smallest absolute Gasteiger partial charge is 0.325 e. The van der Waals surface area contributed by atoms with Crippen molar-refractivity contribution in [2.24, 2.45) is 5.73 Å². The predicted octanol–water partition coefficient (Wildman–Crippen LogP) is 2.31. The number of hydrogen-bond donors (Lipinski definition) is 1. The van der Waals surface area contributed by atoms with Crippen molar-refractivity contribution in [3.8, 4) is 0 Å². The van der Waals surface area contributed by atoms with Crippen LogP contribution < -0.4 is 5.73 Å². The Hall–Kier alpha value is -1.57. The number of halogens is 5. The SMILES string of the molecule is NCc1ncc(C(F)(F)F)c(C=O)c1C(F)F. The molecule has 0 bridgehead atoms. The number of alkyl halides is 5. The van der Waals surface area contributed by atoms with Gasteiger partial charge in [-0.15, -0.1) is 0 Å². The van der Waals surface area contributed by atoms with Gasteiger partial charge >= 0.3 is 6.18 Å². The molecule has 0 spiro atoms. The molecule has 0 saturated carbocycles. The Bertz CT molecular complexity index is 430. The van der Waals surface area contributed by atoms with Crippen molar-refractivity contribution in [2.75, 3.05) is 0 Å². The van der Waals surface area contributed by atoms with Crippen LogP contribution in [0.3, 0.4) is 0 Å². The molecule has 94 valence electrons. The summed E-state index contributed by atoms with van der Waals surface area (Å²) in [5.74, 6) is 0. The molecule has 0 aliphatic heterocycles. The van der Waals surface area contributed by atoms with Gasteiger partial charge in [0, 0.05) is 18.3 Å². The molecule has 0 unspecified atom stereocenters. The van der Waals surface area contributed by atoms with Crippen LogP contribution >= 0.6 is 0 Å². The van der Waals surface area contributed by atoms with Crippen LogP contribution in [0.15, 0.2) is 6.20 Å². The summed E-state index contributed by atoms with van der Waals surface area (Å²) < 4.78 is 62.5. The van der Waals surface area contributed by atoms with E-state index in [2.05, 4.69) is 4.98 Å². The first-order valence-corrected chi connectivity index (χ1v) is 4.35. The van der Waals surface area contributed by atoms with Gasteiger partial charge in [-0.25, -0.2) is 8.78 Å². The summed E-state index contributed by atoms with van der Waals surface area (Å²) in [6.07, 6.45) is -8.09. The lowest BCUT2D eigenvalue weighted by atomic mass is 10.0. The summed E-state index contributed by atoms with van der Waals surface area (Å²) >= 11 is 0. The summed E-state index contributed by atoms with van der Waals surface area (Å²) in [5, 5.41) is 0. The van der Waals surface area contributed by atoms with Gasteiger partial charge < -0.3 is 5.73 Å². The normalized spacial score (nSPS) is 11.9. The first-order valence-electron chi connectivity index (χ1n) is 4.35. The molecule has 8 heteroatoms. The Balaban J connectivity index is 3.58. The summed E-state index contributed by atoms with van der Waals surface area (Å²) in [6, 6.07) is 0. The van der Waals surface area contributed by atoms with Crippen molar-refractivity contribution in [1.29, 1.82) is 0 Å². The molecule has 0 amide bonds. The fraction of sp³-hybridized carbons (Fsp3) is 0.333. The zero-order valence-electron chi connectivity index (χ0n) is 8.26. The van der Waals surface area contributed by atoms with Crippen LogP contribution in [-0.4, -0.2) is 11.3 Å². The molecule has 1 aromatic rings. The van der Waals surface area contributed by atoms with Gasteiger partial charge in [0.1, 0.15) is 0 Å². The zero-order valence-corrected chi connectivity index (χ0v) is 8.26. The minimum absolute atomic E-state index is 0.259. The Morgan fingerprint density at radius 1 is 1.41 bits per heavy atom. The van der Waals surface area contributed by atoms with Crippen molar-refractivity contribution < 1.29 is 26.7 Å². The highest BCUT2D eigenvalue weighted by Crippen LogP contribution is 2.35. The number of carbonyl (C=O) groups excluding carboxylic acids is 1. The highest BCUT2D eigenvalue weighted by molar-refractivity contribution is 5.80. The summed E-state index contributed by atoms with van der Waals surface area (Å²) in [6.45, 7) is -0.474. The van der Waals surface area contributed by atoms with Gasteiger partial charge in [0.2, 0.25) is 0 Å². The van der Waals surface area contributed by atoms with Crippen molar-refractivity contribution in [3.63, 3.8) is 0 Å². The summed E-state index contributed by atoms with van der Waals surface area (Å²) in [5.41, 5.74) is 1.00. The van der Waals surface area contributed by atoms with Crippen LogP contribution in [0.2, 0.25) is 0 Å². The molecule has 3 nitrogen and oxygen atoms in total. The standard InChI is InChI=1S/C9H7F5N2O/c10-8(11)7-4(3-17)5(9(12,13)14)2-16-6(7)1-15/h2-3,8H,1,15H2. The second-order valence-corrected chi connectivity index (χ2v) is 3.07. The van der Waals surface area contributed by atoms with Crippen molar-refractivity contribution in [3.05, 3.63) is 28.6 Å². The third-order valence-corrected chi connectivity index (χ3v) is 2.08. The lowest BCUT2D eigenvalue weighted by Gasteiger charge is -2.14. The number of nitrogens with two attached hydrogens (primary N) is 1. The van der Waals surface area contributed by atoms with Crippen LogP contribution in [0.5, 0.6) is 0 Å². The van der Waals surface area contributed by atoms with E-state index in [-0.39, 0.29) is 6.29 Å². The van der Waals surface area contributed by atoms with Crippen molar-refractivity contribution in [2.45, 2.75) is 19.1 Å². The first kappa shape index (κ1) is 13.5. The van der Waals surface area contributed by atoms with Crippen LogP contribution in [-0.2, 0) is 12.7 Å². The molecule has 0 radical (unpaired) electrons. The molecule has 1 heterocycles. The topological polar surface area (TPSA) is 56.0 Å². The molecule has 0 saturated heterocycles. The van der Waals surface area contributed by atoms with Crippen molar-refractivity contribution in [1.82, 2.24) is 4.98 Å². The fourth-order valence-corrected chi connectivity index (χ4v) is 1.34. The maximum absolute atomic E-state index is 12.6. The van der Waals surface area contributed by atoms with E-state index >= 15 is 0 Å². The number of aromatic nitrogens is 1. The van der Waals surface area contributed by atoms with Gasteiger partial charge in [0.05, 0.1) is 16.8 Å². The van der Waals surface area contributed by atoms with E-state index < -0.39 is 41.5 Å². The summed E-state index contributed by atoms with van der Waals surface area (Å²) in [4.78, 5) is 13.8. The molecule has 1 aromatic heterocycles. The first-order chi connectivity index (χ1) is 7.82. The molecule has 0 aliphatic carbocycles. The van der Waals surface area contributed by atoms with Crippen LogP contribution in [0.25, 0.3) is 0 Å². The van der Waals surface area contributed by atoms with Crippen LogP contribution in [0.1, 0.15) is 33.6 Å². The second-order valence-electron chi connectivity index (χ2n) is 3.07. The van der Waals surface area contributed by atoms with E-state index in [1.54, 1.807) is 0 Å². The molecule has 2 N–H and O–H groups in total. The highest BCUT2D eigenvalue weighted by atomic mass is 19.4. The molecule has 17 heavy (non-hydrogen) atoms. The number of nitrogens with zero attached hydrogens (tertiary/aromatic N) is 1. The Morgan fingerprint density at radius 2 is 2.00 bits per heavy atom. The Kier molecular flexibility index (Phi) is 3.76. The number of carbonyl (C=O) groups is 1. The quantitative estimate of drug-likeness (QED) is 0.665. The maximum atomic E-state index is 12.6. The molecule has 1 rings (SSSR count). The van der Waals surface area contributed by atoms with E-state index in [1.165, 1.54) is 0 Å². The van der Waals surface area contributed by atoms with E-state index in [4.69, 9.17) is 5.73 Å². The zero-order chi connectivity index (χ0) is 13.2. The molecule has 0 fully saturated rings. The predicted molar refractivity (Wildman–Crippen MR) is 47.5 cm³/mol. The van der Waals surface area contributed by atoms with Gasteiger partial charge in [-0.2, -0.15) is 13.2 Å². The fourth-order valence-electron chi connectivity index (χ4n) is 1.34. The van der Waals surface area contributed by atoms with Gasteiger partial charge in [0.15, 0.2) is 6.29 Å². The van der Waals surface area contributed by atoms with Gasteiger partial charge in [-0.3, -0.25) is 9.78 Å². The molecular weight excluding hydrogens is 247 g/mol. The summed E-state index contributed by atoms with van der Waals surface area (Å²) in [7, 11) is 0. The third-order valence-electron chi connectivity index (χ3n) is 2.08. The lowest BCUT2D eigenvalue weighted by molar-refractivity contribution is -0.138. The number of rotatable bonds is 3. The van der Waals surface area contributed by atoms with Gasteiger partial charge in [-0.05, 0) is 0 Å². The van der Waals surface area contributed by atoms with Crippen LogP contribution in [0, 0.1) is 0 Å². The minimum Gasteiger partial charge on any atom is -0.325 e. The van der Waals surface area contributed by atoms with E-state index in [0.29, 0.717) is 6.20 Å². The minimum atomic E-state index is -4.92. The molecule has 0 aliphatic rings. The number of hydrogen-bond acceptors (Lipinski definition) is 3. The number of aldehydes is 1. The Labute approximate surface area is 92.4 Å². The molecule has 0 aromatic carbocycles. The molecular formula is C9H7F5N2O. The lowest BCUT2D eigenvalue weighted by Crippen LogP contribution is -2.16. The van der Waals surface area contributed by atoms with Crippen molar-refractivity contribution >= 4 is 6.29 Å². The average molecular weight is 254 g/mol. The average Bonchev–Trinajstić information content (AvgIpc) is 2.25. The van der Waals surface area contributed by atoms with Gasteiger partial charge in [0.25, 0.3) is 6.43 Å². The van der Waals surface area contributed by atoms with E-state index in [0.717, 1.165) is 0 Å². The van der Waals surface area contributed by atoms with E-state index in [1.807, 2.05) is 0 Å². The van der Waals surface area contributed by atoms with Crippen LogP contribution in [0.4, 0.5) is 22.0 Å². The Morgan fingerprint density at radius 3 is 2.35 bits per heavy atom. The maximum Gasteiger partial charge on any atom is 0.418 e. The number of pyridine rings is 1. The van der Waals surface area contributed by atoms with Gasteiger partial charge in [-0.1, -0.05) is 0 Å². The highest BCUT2D eigenvalue weighted by Gasteiger charge is 2.37. The van der Waals surface area contributed by atoms with E-state index in [9.17, 15) is 26.7 Å². The third kappa shape index (κ3) is 2.57. The monoisotopic (exact) mass is 254 g/mol. The second kappa shape index (κ2) is 4.74. The largest absolute Gasteiger partial charge is 0.418 e.